The summed E-state index contributed by atoms with van der Waals surface area (Å²) in [5, 5.41) is 14.2. The van der Waals surface area contributed by atoms with E-state index in [-0.39, 0.29) is 12.1 Å². The Balaban J connectivity index is 1.32. The minimum absolute atomic E-state index is 0.240. The number of nitrogens with zero attached hydrogens (tertiary/aromatic N) is 7. The second-order valence-electron chi connectivity index (χ2n) is 11.0. The maximum absolute atomic E-state index is 13.2. The van der Waals surface area contributed by atoms with Gasteiger partial charge in [0, 0.05) is 43.8 Å². The van der Waals surface area contributed by atoms with Crippen LogP contribution in [0.4, 0.5) is 17.3 Å². The average Bonchev–Trinajstić information content (AvgIpc) is 3.63. The number of hydrogen-bond acceptors (Lipinski definition) is 8. The molecule has 2 unspecified atom stereocenters. The van der Waals surface area contributed by atoms with Crippen LogP contribution in [0.15, 0.2) is 66.1 Å². The molecule has 3 atom stereocenters. The number of nitrogens with one attached hydrogen (secondary N) is 1. The van der Waals surface area contributed by atoms with E-state index in [1.807, 2.05) is 12.1 Å². The van der Waals surface area contributed by atoms with Crippen LogP contribution in [0.1, 0.15) is 26.0 Å². The van der Waals surface area contributed by atoms with Crippen molar-refractivity contribution in [3.05, 3.63) is 77.4 Å². The molecule has 0 saturated carbocycles. The van der Waals surface area contributed by atoms with E-state index in [1.165, 1.54) is 36.1 Å². The lowest BCUT2D eigenvalue weighted by atomic mass is 9.98. The molecule has 5 heterocycles. The number of allylic oxidation sites excluding steroid dienone is 1. The fourth-order valence-corrected chi connectivity index (χ4v) is 5.79. The van der Waals surface area contributed by atoms with Crippen LogP contribution in [-0.4, -0.2) is 67.0 Å². The highest BCUT2D eigenvalue weighted by molar-refractivity contribution is 5.77. The molecule has 2 N–H and O–H groups in total. The quantitative estimate of drug-likeness (QED) is 0.337. The van der Waals surface area contributed by atoms with Crippen LogP contribution in [0.2, 0.25) is 0 Å². The SMILES string of the molecule is C=CCn1c(=O)c2cnc(Nc3ccc(N(C)[C@@H]4CN5CCC4C5)cc3)nc2n1-c1cccc(C(C)(C)O)n1. The van der Waals surface area contributed by atoms with Crippen molar-refractivity contribution >= 4 is 28.4 Å². The predicted molar refractivity (Wildman–Crippen MR) is 153 cm³/mol. The highest BCUT2D eigenvalue weighted by Crippen LogP contribution is 2.33. The summed E-state index contributed by atoms with van der Waals surface area (Å²) in [7, 11) is 2.18. The first-order valence-corrected chi connectivity index (χ1v) is 13.3. The van der Waals surface area contributed by atoms with Crippen LogP contribution in [-0.2, 0) is 12.1 Å². The summed E-state index contributed by atoms with van der Waals surface area (Å²) in [5.74, 6) is 1.59. The normalized spacial score (nSPS) is 20.5. The fraction of sp³-hybridized carbons (Fsp3) is 0.379. The molecule has 0 amide bonds. The van der Waals surface area contributed by atoms with E-state index in [0.717, 1.165) is 18.2 Å². The molecule has 39 heavy (non-hydrogen) atoms. The maximum Gasteiger partial charge on any atom is 0.278 e. The van der Waals surface area contributed by atoms with Gasteiger partial charge in [0.05, 0.1) is 12.2 Å². The van der Waals surface area contributed by atoms with Crippen molar-refractivity contribution in [1.29, 1.82) is 0 Å². The molecule has 2 aliphatic heterocycles. The number of rotatable bonds is 8. The molecule has 4 aromatic rings. The van der Waals surface area contributed by atoms with Crippen molar-refractivity contribution in [2.24, 2.45) is 5.92 Å². The highest BCUT2D eigenvalue weighted by Gasteiger charge is 2.40. The number of aromatic nitrogens is 5. The monoisotopic (exact) mass is 526 g/mol. The van der Waals surface area contributed by atoms with Gasteiger partial charge in [-0.3, -0.25) is 4.79 Å². The smallest absolute Gasteiger partial charge is 0.278 e. The lowest BCUT2D eigenvalue weighted by Gasteiger charge is -2.33. The van der Waals surface area contributed by atoms with Crippen LogP contribution in [0.5, 0.6) is 0 Å². The standard InChI is InChI=1S/C29H34N8O2/c1-5-14-36-27(38)22-16-30-28(33-26(22)37(36)25-8-6-7-24(32-25)29(2,3)39)31-20-9-11-21(12-10-20)34(4)23-18-35-15-13-19(23)17-35/h5-12,16,19,23,39H,1,13-15,17-18H2,2-4H3,(H,30,31,33)/t19?,23-/m1/s1. The van der Waals surface area contributed by atoms with Gasteiger partial charge >= 0.3 is 0 Å². The van der Waals surface area contributed by atoms with E-state index in [1.54, 1.807) is 42.8 Å². The zero-order chi connectivity index (χ0) is 27.3. The predicted octanol–water partition coefficient (Wildman–Crippen LogP) is 3.27. The lowest BCUT2D eigenvalue weighted by Crippen LogP contribution is -2.41. The van der Waals surface area contributed by atoms with Crippen molar-refractivity contribution in [2.75, 3.05) is 36.9 Å². The van der Waals surface area contributed by atoms with Gasteiger partial charge in [-0.05, 0) is 69.1 Å². The highest BCUT2D eigenvalue weighted by atomic mass is 16.3. The van der Waals surface area contributed by atoms with Crippen molar-refractivity contribution in [3.8, 4) is 5.82 Å². The number of hydrogen-bond donors (Lipinski definition) is 2. The Morgan fingerprint density at radius 3 is 2.64 bits per heavy atom. The van der Waals surface area contributed by atoms with E-state index >= 15 is 0 Å². The summed E-state index contributed by atoms with van der Waals surface area (Å²) in [6.07, 6.45) is 4.47. The Bertz CT molecular complexity index is 1580. The van der Waals surface area contributed by atoms with Crippen LogP contribution in [0.3, 0.4) is 0 Å². The number of aliphatic hydroxyl groups is 1. The summed E-state index contributed by atoms with van der Waals surface area (Å²) in [4.78, 5) is 32.0. The topological polar surface area (TPSA) is 104 Å². The van der Waals surface area contributed by atoms with Crippen LogP contribution in [0, 0.1) is 5.92 Å². The molecule has 0 radical (unpaired) electrons. The molecular weight excluding hydrogens is 492 g/mol. The largest absolute Gasteiger partial charge is 0.384 e. The minimum atomic E-state index is -1.14. The molecule has 0 aliphatic carbocycles. The Morgan fingerprint density at radius 2 is 1.97 bits per heavy atom. The van der Waals surface area contributed by atoms with Gasteiger partial charge in [-0.25, -0.2) is 19.3 Å². The average molecular weight is 527 g/mol. The Labute approximate surface area is 227 Å². The van der Waals surface area contributed by atoms with E-state index in [2.05, 4.69) is 50.8 Å². The summed E-state index contributed by atoms with van der Waals surface area (Å²) >= 11 is 0. The molecule has 2 aliphatic rings. The van der Waals surface area contributed by atoms with Crippen LogP contribution >= 0.6 is 0 Å². The summed E-state index contributed by atoms with van der Waals surface area (Å²) in [5.41, 5.74) is 1.56. The Hall–Kier alpha value is -4.02. The molecule has 2 fully saturated rings. The van der Waals surface area contributed by atoms with Crippen LogP contribution < -0.4 is 15.8 Å². The number of fused-ring (bicyclic) bond motifs is 3. The molecular formula is C29H34N8O2. The Morgan fingerprint density at radius 1 is 1.18 bits per heavy atom. The molecule has 0 spiro atoms. The third-order valence-electron chi connectivity index (χ3n) is 7.88. The first-order chi connectivity index (χ1) is 18.7. The lowest BCUT2D eigenvalue weighted by molar-refractivity contribution is 0.0738. The number of benzene rings is 1. The van der Waals surface area contributed by atoms with Crippen molar-refractivity contribution in [2.45, 2.75) is 38.5 Å². The molecule has 202 valence electrons. The molecule has 10 heteroatoms. The zero-order valence-corrected chi connectivity index (χ0v) is 22.6. The van der Waals surface area contributed by atoms with Gasteiger partial charge in [-0.2, -0.15) is 4.98 Å². The zero-order valence-electron chi connectivity index (χ0n) is 22.6. The number of pyridine rings is 1. The van der Waals surface area contributed by atoms with Crippen molar-refractivity contribution in [3.63, 3.8) is 0 Å². The van der Waals surface area contributed by atoms with Crippen molar-refractivity contribution in [1.82, 2.24) is 29.2 Å². The first-order valence-electron chi connectivity index (χ1n) is 13.3. The van der Waals surface area contributed by atoms with Gasteiger partial charge < -0.3 is 20.2 Å². The van der Waals surface area contributed by atoms with E-state index in [0.29, 0.717) is 34.5 Å². The van der Waals surface area contributed by atoms with Gasteiger partial charge in [0.2, 0.25) is 5.95 Å². The molecule has 10 nitrogen and oxygen atoms in total. The van der Waals surface area contributed by atoms with Gasteiger partial charge in [-0.1, -0.05) is 12.1 Å². The first kappa shape index (κ1) is 25.3. The van der Waals surface area contributed by atoms with Gasteiger partial charge in [0.1, 0.15) is 11.0 Å². The molecule has 3 aromatic heterocycles. The summed E-state index contributed by atoms with van der Waals surface area (Å²) < 4.78 is 3.17. The van der Waals surface area contributed by atoms with E-state index < -0.39 is 5.60 Å². The number of piperidine rings is 1. The second-order valence-corrected chi connectivity index (χ2v) is 11.0. The molecule has 2 bridgehead atoms. The van der Waals surface area contributed by atoms with E-state index in [4.69, 9.17) is 4.98 Å². The third kappa shape index (κ3) is 4.59. The summed E-state index contributed by atoms with van der Waals surface area (Å²) in [6.45, 7) is 11.0. The minimum Gasteiger partial charge on any atom is -0.384 e. The number of anilines is 3. The molecule has 2 saturated heterocycles. The van der Waals surface area contributed by atoms with Gasteiger partial charge in [0.25, 0.3) is 5.56 Å². The maximum atomic E-state index is 13.2. The Kier molecular flexibility index (Phi) is 6.23. The molecule has 6 rings (SSSR count). The summed E-state index contributed by atoms with van der Waals surface area (Å²) in [6, 6.07) is 14.2. The fourth-order valence-electron chi connectivity index (χ4n) is 5.79. The van der Waals surface area contributed by atoms with Crippen molar-refractivity contribution < 1.29 is 5.11 Å². The molecule has 1 aromatic carbocycles. The van der Waals surface area contributed by atoms with Gasteiger partial charge in [-0.15, -0.1) is 6.58 Å². The van der Waals surface area contributed by atoms with Gasteiger partial charge in [0.15, 0.2) is 11.5 Å². The second kappa shape index (κ2) is 9.62. The van der Waals surface area contributed by atoms with E-state index in [9.17, 15) is 9.90 Å². The number of likely N-dealkylation sites (N-methyl/N-ethyl adjacent to an activating group) is 1. The van der Waals surface area contributed by atoms with Crippen LogP contribution in [0.25, 0.3) is 16.9 Å². The third-order valence-corrected chi connectivity index (χ3v) is 7.88.